The van der Waals surface area contributed by atoms with E-state index in [-0.39, 0.29) is 0 Å². The van der Waals surface area contributed by atoms with Crippen LogP contribution in [0, 0.1) is 5.92 Å². The minimum absolute atomic E-state index is 0.438. The first-order valence-corrected chi connectivity index (χ1v) is 7.47. The van der Waals surface area contributed by atoms with Crippen molar-refractivity contribution in [3.8, 4) is 5.75 Å². The molecule has 0 saturated carbocycles. The largest absolute Gasteiger partial charge is 0.496 e. The van der Waals surface area contributed by atoms with Crippen LogP contribution in [0.25, 0.3) is 0 Å². The van der Waals surface area contributed by atoms with E-state index in [9.17, 15) is 0 Å². The van der Waals surface area contributed by atoms with Gasteiger partial charge in [0.05, 0.1) is 7.11 Å². The molecular formula is C17H30N2O. The summed E-state index contributed by atoms with van der Waals surface area (Å²) >= 11 is 0. The van der Waals surface area contributed by atoms with Crippen LogP contribution in [0.2, 0.25) is 0 Å². The van der Waals surface area contributed by atoms with Gasteiger partial charge < -0.3 is 15.0 Å². The fourth-order valence-corrected chi connectivity index (χ4v) is 2.61. The average molecular weight is 278 g/mol. The van der Waals surface area contributed by atoms with Crippen LogP contribution in [-0.2, 0) is 6.42 Å². The van der Waals surface area contributed by atoms with Crippen LogP contribution in [0.1, 0.15) is 26.3 Å². The monoisotopic (exact) mass is 278 g/mol. The van der Waals surface area contributed by atoms with E-state index in [4.69, 9.17) is 4.74 Å². The highest BCUT2D eigenvalue weighted by Gasteiger charge is 2.16. The van der Waals surface area contributed by atoms with E-state index in [0.29, 0.717) is 18.0 Å². The number of benzene rings is 1. The molecule has 0 fully saturated rings. The van der Waals surface area contributed by atoms with Crippen LogP contribution in [0.4, 0.5) is 0 Å². The summed E-state index contributed by atoms with van der Waals surface area (Å²) in [5.41, 5.74) is 1.26. The van der Waals surface area contributed by atoms with Crippen molar-refractivity contribution in [2.24, 2.45) is 5.92 Å². The molecule has 2 unspecified atom stereocenters. The summed E-state index contributed by atoms with van der Waals surface area (Å²) in [5, 5.41) is 3.65. The van der Waals surface area contributed by atoms with E-state index < -0.39 is 0 Å². The molecule has 114 valence electrons. The van der Waals surface area contributed by atoms with Crippen LogP contribution >= 0.6 is 0 Å². The third-order valence-corrected chi connectivity index (χ3v) is 3.83. The second-order valence-corrected chi connectivity index (χ2v) is 6.10. The first kappa shape index (κ1) is 17.0. The zero-order valence-corrected chi connectivity index (χ0v) is 13.8. The highest BCUT2D eigenvalue weighted by atomic mass is 16.5. The summed E-state index contributed by atoms with van der Waals surface area (Å²) in [6, 6.07) is 9.26. The standard InChI is InChI=1S/C17H30N2O/c1-13(2)16(19(4)5)12-18-14(3)11-15-9-7-8-10-17(15)20-6/h7-10,13-14,16,18H,11-12H2,1-6H3. The van der Waals surface area contributed by atoms with Gasteiger partial charge in [0.15, 0.2) is 0 Å². The van der Waals surface area contributed by atoms with E-state index in [1.807, 2.05) is 12.1 Å². The zero-order chi connectivity index (χ0) is 15.1. The smallest absolute Gasteiger partial charge is 0.122 e. The molecule has 3 heteroatoms. The zero-order valence-electron chi connectivity index (χ0n) is 13.8. The predicted octanol–water partition coefficient (Wildman–Crippen LogP) is 2.80. The molecule has 1 N–H and O–H groups in total. The number of ether oxygens (including phenoxy) is 1. The quantitative estimate of drug-likeness (QED) is 0.791. The molecule has 0 heterocycles. The Labute approximate surface area is 124 Å². The van der Waals surface area contributed by atoms with Crippen LogP contribution in [0.15, 0.2) is 24.3 Å². The minimum atomic E-state index is 0.438. The van der Waals surface area contributed by atoms with Gasteiger partial charge in [0.25, 0.3) is 0 Å². The lowest BCUT2D eigenvalue weighted by Gasteiger charge is -2.29. The summed E-state index contributed by atoms with van der Waals surface area (Å²) < 4.78 is 5.41. The first-order valence-electron chi connectivity index (χ1n) is 7.47. The van der Waals surface area contributed by atoms with E-state index >= 15 is 0 Å². The van der Waals surface area contributed by atoms with Crippen LogP contribution in [0.3, 0.4) is 0 Å². The van der Waals surface area contributed by atoms with Crippen molar-refractivity contribution in [3.63, 3.8) is 0 Å². The van der Waals surface area contributed by atoms with Crippen molar-refractivity contribution >= 4 is 0 Å². The predicted molar refractivity (Wildman–Crippen MR) is 86.5 cm³/mol. The Kier molecular flexibility index (Phi) is 7.03. The Hall–Kier alpha value is -1.06. The van der Waals surface area contributed by atoms with Crippen molar-refractivity contribution < 1.29 is 4.74 Å². The summed E-state index contributed by atoms with van der Waals surface area (Å²) in [6.07, 6.45) is 0.988. The van der Waals surface area contributed by atoms with Gasteiger partial charge in [-0.2, -0.15) is 0 Å². The molecule has 0 bridgehead atoms. The number of rotatable bonds is 8. The Balaban J connectivity index is 2.53. The third kappa shape index (κ3) is 5.14. The number of nitrogens with zero attached hydrogens (tertiary/aromatic N) is 1. The summed E-state index contributed by atoms with van der Waals surface area (Å²) in [4.78, 5) is 2.30. The minimum Gasteiger partial charge on any atom is -0.496 e. The van der Waals surface area contributed by atoms with Gasteiger partial charge >= 0.3 is 0 Å². The van der Waals surface area contributed by atoms with Gasteiger partial charge in [-0.05, 0) is 45.0 Å². The average Bonchev–Trinajstić information content (AvgIpc) is 2.38. The van der Waals surface area contributed by atoms with Crippen molar-refractivity contribution in [1.29, 1.82) is 0 Å². The molecule has 0 aliphatic heterocycles. The third-order valence-electron chi connectivity index (χ3n) is 3.83. The Morgan fingerprint density at radius 3 is 2.35 bits per heavy atom. The first-order chi connectivity index (χ1) is 9.45. The lowest BCUT2D eigenvalue weighted by atomic mass is 10.0. The topological polar surface area (TPSA) is 24.5 Å². The van der Waals surface area contributed by atoms with Gasteiger partial charge in [0, 0.05) is 18.6 Å². The molecule has 1 aromatic carbocycles. The van der Waals surface area contributed by atoms with Gasteiger partial charge in [-0.15, -0.1) is 0 Å². The Bertz CT molecular complexity index is 382. The van der Waals surface area contributed by atoms with Crippen molar-refractivity contribution in [1.82, 2.24) is 10.2 Å². The van der Waals surface area contributed by atoms with E-state index in [2.05, 4.69) is 57.2 Å². The van der Waals surface area contributed by atoms with Crippen molar-refractivity contribution in [2.75, 3.05) is 27.7 Å². The van der Waals surface area contributed by atoms with Gasteiger partial charge in [-0.25, -0.2) is 0 Å². The van der Waals surface area contributed by atoms with Gasteiger partial charge in [0.2, 0.25) is 0 Å². The van der Waals surface area contributed by atoms with Gasteiger partial charge in [-0.3, -0.25) is 0 Å². The number of hydrogen-bond acceptors (Lipinski definition) is 3. The molecule has 0 aliphatic carbocycles. The molecule has 0 aliphatic rings. The maximum Gasteiger partial charge on any atom is 0.122 e. The number of likely N-dealkylation sites (N-methyl/N-ethyl adjacent to an activating group) is 1. The molecule has 20 heavy (non-hydrogen) atoms. The molecule has 0 amide bonds. The molecule has 0 radical (unpaired) electrons. The lowest BCUT2D eigenvalue weighted by Crippen LogP contribution is -2.44. The highest BCUT2D eigenvalue weighted by molar-refractivity contribution is 5.33. The molecular weight excluding hydrogens is 248 g/mol. The second-order valence-electron chi connectivity index (χ2n) is 6.10. The molecule has 0 saturated heterocycles. The van der Waals surface area contributed by atoms with Crippen LogP contribution in [0.5, 0.6) is 5.75 Å². The van der Waals surface area contributed by atoms with Gasteiger partial charge in [-0.1, -0.05) is 32.0 Å². The van der Waals surface area contributed by atoms with E-state index in [0.717, 1.165) is 18.7 Å². The highest BCUT2D eigenvalue weighted by Crippen LogP contribution is 2.19. The number of para-hydroxylation sites is 1. The van der Waals surface area contributed by atoms with Crippen molar-refractivity contribution in [2.45, 2.75) is 39.3 Å². The molecule has 0 aromatic heterocycles. The normalized spacial score (nSPS) is 14.6. The molecule has 2 atom stereocenters. The summed E-state index contributed by atoms with van der Waals surface area (Å²) in [5.74, 6) is 1.63. The maximum absolute atomic E-state index is 5.41. The summed E-state index contributed by atoms with van der Waals surface area (Å²) in [6.45, 7) is 7.80. The van der Waals surface area contributed by atoms with E-state index in [1.54, 1.807) is 7.11 Å². The SMILES string of the molecule is COc1ccccc1CC(C)NCC(C(C)C)N(C)C. The Morgan fingerprint density at radius 2 is 1.80 bits per heavy atom. The van der Waals surface area contributed by atoms with Crippen LogP contribution < -0.4 is 10.1 Å². The number of nitrogens with one attached hydrogen (secondary N) is 1. The molecule has 1 aromatic rings. The van der Waals surface area contributed by atoms with Crippen molar-refractivity contribution in [3.05, 3.63) is 29.8 Å². The van der Waals surface area contributed by atoms with Gasteiger partial charge in [0.1, 0.15) is 5.75 Å². The van der Waals surface area contributed by atoms with E-state index in [1.165, 1.54) is 5.56 Å². The number of hydrogen-bond donors (Lipinski definition) is 1. The summed E-state index contributed by atoms with van der Waals surface area (Å²) in [7, 11) is 6.03. The maximum atomic E-state index is 5.41. The molecule has 3 nitrogen and oxygen atoms in total. The van der Waals surface area contributed by atoms with Crippen LogP contribution in [-0.4, -0.2) is 44.7 Å². The number of methoxy groups -OCH3 is 1. The molecule has 0 spiro atoms. The molecule has 1 rings (SSSR count). The lowest BCUT2D eigenvalue weighted by molar-refractivity contribution is 0.219. The Morgan fingerprint density at radius 1 is 1.15 bits per heavy atom. The fourth-order valence-electron chi connectivity index (χ4n) is 2.61. The fraction of sp³-hybridized carbons (Fsp3) is 0.647. The second kappa shape index (κ2) is 8.28.